The first-order valence-corrected chi connectivity index (χ1v) is 22.4. The summed E-state index contributed by atoms with van der Waals surface area (Å²) in [6.07, 6.45) is 8.42. The summed E-state index contributed by atoms with van der Waals surface area (Å²) in [5.74, 6) is -0.0810. The summed E-state index contributed by atoms with van der Waals surface area (Å²) >= 11 is -2.53. The number of hydrogen-bond donors (Lipinski definition) is 0. The first kappa shape index (κ1) is 27.0. The quantitative estimate of drug-likeness (QED) is 0.131. The average molecular weight is 501 g/mol. The zero-order valence-corrected chi connectivity index (χ0v) is 23.2. The molecule has 0 heterocycles. The van der Waals surface area contributed by atoms with Crippen molar-refractivity contribution in [3.63, 3.8) is 0 Å². The number of rotatable bonds is 15. The third-order valence-electron chi connectivity index (χ3n) is 5.57. The molecule has 0 aliphatic heterocycles. The van der Waals surface area contributed by atoms with Gasteiger partial charge in [-0.1, -0.05) is 0 Å². The van der Waals surface area contributed by atoms with E-state index in [4.69, 9.17) is 4.74 Å². The normalized spacial score (nSPS) is 12.9. The Bertz CT molecular complexity index is 455. The van der Waals surface area contributed by atoms with Crippen molar-refractivity contribution in [1.29, 1.82) is 0 Å². The van der Waals surface area contributed by atoms with Gasteiger partial charge in [-0.15, -0.1) is 0 Å². The summed E-state index contributed by atoms with van der Waals surface area (Å²) in [7, 11) is -1.46. The van der Waals surface area contributed by atoms with E-state index in [1.54, 1.807) is 0 Å². The van der Waals surface area contributed by atoms with Gasteiger partial charge < -0.3 is 0 Å². The number of hydrogen-bond acceptors (Lipinski definition) is 2. The van der Waals surface area contributed by atoms with Gasteiger partial charge in [-0.2, -0.15) is 0 Å². The van der Waals surface area contributed by atoms with Crippen molar-refractivity contribution < 1.29 is 9.53 Å². The van der Waals surface area contributed by atoms with Crippen LogP contribution in [0.25, 0.3) is 0 Å². The summed E-state index contributed by atoms with van der Waals surface area (Å²) in [6.45, 7) is 20.6. The molecule has 0 saturated heterocycles. The van der Waals surface area contributed by atoms with Crippen LogP contribution in [0.3, 0.4) is 0 Å². The minimum absolute atomic E-state index is 0.0810. The molecule has 0 aliphatic carbocycles. The molecule has 2 nitrogen and oxygen atoms in total. The molecule has 0 aliphatic rings. The molecular formula is C23H46O2SiSn. The molecule has 0 N–H and O–H groups in total. The van der Waals surface area contributed by atoms with Crippen LogP contribution in [0.4, 0.5) is 0 Å². The van der Waals surface area contributed by atoms with Gasteiger partial charge in [-0.3, -0.25) is 0 Å². The number of carbonyl (C=O) groups excluding carboxylic acids is 1. The SMILES string of the molecule is C=C(C/C(=[CH]/[Sn]([CH2]CCC)([CH2]CCC)[CH2]CCC)C(=O)OCC)[Si](C)(C)C. The summed E-state index contributed by atoms with van der Waals surface area (Å²) in [5, 5.41) is 1.27. The van der Waals surface area contributed by atoms with Gasteiger partial charge in [-0.25, -0.2) is 0 Å². The van der Waals surface area contributed by atoms with E-state index in [-0.39, 0.29) is 5.97 Å². The number of carbonyl (C=O) groups is 1. The topological polar surface area (TPSA) is 26.3 Å². The Kier molecular flexibility index (Phi) is 14.0. The van der Waals surface area contributed by atoms with Gasteiger partial charge in [0.15, 0.2) is 0 Å². The second-order valence-corrected chi connectivity index (χ2v) is 27.2. The van der Waals surface area contributed by atoms with Gasteiger partial charge in [0, 0.05) is 0 Å². The molecule has 4 heteroatoms. The Labute approximate surface area is 175 Å². The fourth-order valence-corrected chi connectivity index (χ4v) is 19.3. The molecule has 0 atom stereocenters. The summed E-state index contributed by atoms with van der Waals surface area (Å²) < 4.78 is 12.2. The van der Waals surface area contributed by atoms with Gasteiger partial charge in [0.1, 0.15) is 0 Å². The maximum atomic E-state index is 12.8. The van der Waals surface area contributed by atoms with Crippen molar-refractivity contribution in [3.05, 3.63) is 21.4 Å². The van der Waals surface area contributed by atoms with Crippen molar-refractivity contribution in [2.45, 2.75) is 106 Å². The molecule has 0 amide bonds. The van der Waals surface area contributed by atoms with Crippen LogP contribution in [0.2, 0.25) is 33.0 Å². The zero-order valence-electron chi connectivity index (χ0n) is 19.4. The van der Waals surface area contributed by atoms with Crippen LogP contribution in [-0.2, 0) is 9.53 Å². The van der Waals surface area contributed by atoms with E-state index in [0.29, 0.717) is 6.61 Å². The molecule has 0 radical (unpaired) electrons. The van der Waals surface area contributed by atoms with Crippen molar-refractivity contribution in [1.82, 2.24) is 0 Å². The van der Waals surface area contributed by atoms with Gasteiger partial charge in [0.25, 0.3) is 0 Å². The van der Waals surface area contributed by atoms with E-state index in [1.165, 1.54) is 57.0 Å². The van der Waals surface area contributed by atoms with E-state index in [2.05, 4.69) is 51.1 Å². The number of esters is 1. The minimum atomic E-state index is -2.53. The van der Waals surface area contributed by atoms with Gasteiger partial charge in [0.2, 0.25) is 0 Å². The van der Waals surface area contributed by atoms with E-state index in [9.17, 15) is 4.79 Å². The van der Waals surface area contributed by atoms with Crippen LogP contribution in [-0.4, -0.2) is 39.0 Å². The van der Waals surface area contributed by atoms with E-state index >= 15 is 0 Å². The predicted octanol–water partition coefficient (Wildman–Crippen LogP) is 7.69. The fraction of sp³-hybridized carbons (Fsp3) is 0.783. The third kappa shape index (κ3) is 10.9. The van der Waals surface area contributed by atoms with E-state index in [0.717, 1.165) is 12.0 Å². The Hall–Kier alpha value is -0.0344. The number of ether oxygens (including phenoxy) is 1. The van der Waals surface area contributed by atoms with Crippen LogP contribution in [0.1, 0.15) is 72.6 Å². The first-order chi connectivity index (χ1) is 12.7. The standard InChI is InChI=1S/C11H19O2Si.3C4H9.Sn/c1-7-13-11(12)9(2)8-10(3)14(4,5)6;3*1-3-4-2;/h2H,3,7-8H2,1,4-6H3;3*1,3-4H2,2H3;. The molecule has 27 heavy (non-hydrogen) atoms. The summed E-state index contributed by atoms with van der Waals surface area (Å²) in [5.41, 5.74) is 0.948. The molecule has 0 saturated carbocycles. The summed E-state index contributed by atoms with van der Waals surface area (Å²) in [4.78, 5) is 12.8. The van der Waals surface area contributed by atoms with Crippen LogP contribution in [0.5, 0.6) is 0 Å². The Balaban J connectivity index is 5.95. The van der Waals surface area contributed by atoms with Gasteiger partial charge in [0.05, 0.1) is 0 Å². The van der Waals surface area contributed by atoms with Crippen LogP contribution in [0.15, 0.2) is 21.4 Å². The van der Waals surface area contributed by atoms with Crippen LogP contribution in [0, 0.1) is 0 Å². The zero-order chi connectivity index (χ0) is 20.9. The Morgan fingerprint density at radius 2 is 1.37 bits per heavy atom. The average Bonchev–Trinajstić information content (AvgIpc) is 2.61. The molecular weight excluding hydrogens is 455 g/mol. The van der Waals surface area contributed by atoms with Crippen LogP contribution < -0.4 is 0 Å². The molecule has 0 spiro atoms. The molecule has 0 aromatic rings. The maximum absolute atomic E-state index is 12.8. The third-order valence-corrected chi connectivity index (χ3v) is 22.2. The van der Waals surface area contributed by atoms with Crippen molar-refractivity contribution in [2.75, 3.05) is 6.61 Å². The number of unbranched alkanes of at least 4 members (excludes halogenated alkanes) is 3. The second-order valence-electron chi connectivity index (χ2n) is 9.09. The fourth-order valence-electron chi connectivity index (χ4n) is 3.45. The van der Waals surface area contributed by atoms with Crippen LogP contribution >= 0.6 is 0 Å². The molecule has 0 rings (SSSR count). The van der Waals surface area contributed by atoms with E-state index < -0.39 is 26.5 Å². The van der Waals surface area contributed by atoms with Gasteiger partial charge >= 0.3 is 176 Å². The summed E-state index contributed by atoms with van der Waals surface area (Å²) in [6, 6.07) is 0. The second kappa shape index (κ2) is 14.0. The van der Waals surface area contributed by atoms with Crippen molar-refractivity contribution >= 4 is 32.4 Å². The predicted molar refractivity (Wildman–Crippen MR) is 127 cm³/mol. The molecule has 158 valence electrons. The van der Waals surface area contributed by atoms with Gasteiger partial charge in [-0.05, 0) is 0 Å². The molecule has 0 bridgehead atoms. The van der Waals surface area contributed by atoms with E-state index in [1.807, 2.05) is 6.92 Å². The van der Waals surface area contributed by atoms with Crippen molar-refractivity contribution in [2.24, 2.45) is 0 Å². The number of allylic oxidation sites excluding steroid dienone is 1. The Morgan fingerprint density at radius 1 is 0.926 bits per heavy atom. The molecule has 0 unspecified atom stereocenters. The first-order valence-electron chi connectivity index (χ1n) is 11.2. The molecule has 0 fully saturated rings. The molecule has 0 aromatic carbocycles. The Morgan fingerprint density at radius 3 is 1.70 bits per heavy atom. The molecule has 0 aromatic heterocycles. The monoisotopic (exact) mass is 502 g/mol. The van der Waals surface area contributed by atoms with Crippen molar-refractivity contribution in [3.8, 4) is 0 Å².